The molecule has 0 heterocycles. The van der Waals surface area contributed by atoms with Crippen LogP contribution in [0.2, 0.25) is 10.0 Å². The molecule has 0 bridgehead atoms. The number of nitrogens with one attached hydrogen (secondary N) is 2. The van der Waals surface area contributed by atoms with E-state index in [2.05, 4.69) is 10.6 Å². The fraction of sp³-hybridized carbons (Fsp3) is 0.417. The van der Waals surface area contributed by atoms with E-state index >= 15 is 0 Å². The minimum Gasteiger partial charge on any atom is -0.358 e. The maximum atomic E-state index is 11.2. The molecule has 0 spiro atoms. The van der Waals surface area contributed by atoms with E-state index in [1.807, 2.05) is 19.1 Å². The molecule has 0 aliphatic carbocycles. The molecule has 1 atom stereocenters. The molecule has 1 amide bonds. The van der Waals surface area contributed by atoms with E-state index in [4.69, 9.17) is 23.2 Å². The number of benzene rings is 1. The molecule has 0 aliphatic rings. The SMILES string of the molecule is CNC(=O)C(C)NCCc1ccc(Cl)cc1Cl. The first-order valence-electron chi connectivity index (χ1n) is 5.43. The number of hydrogen-bond acceptors (Lipinski definition) is 2. The Morgan fingerprint density at radius 2 is 2.12 bits per heavy atom. The van der Waals surface area contributed by atoms with E-state index in [1.165, 1.54) is 0 Å². The number of halogens is 2. The van der Waals surface area contributed by atoms with Crippen LogP contribution in [0.1, 0.15) is 12.5 Å². The minimum absolute atomic E-state index is 0.0211. The largest absolute Gasteiger partial charge is 0.358 e. The molecule has 0 aromatic heterocycles. The molecular formula is C12H16Cl2N2O. The minimum atomic E-state index is -0.203. The third-order valence-electron chi connectivity index (χ3n) is 2.50. The molecule has 1 rings (SSSR count). The van der Waals surface area contributed by atoms with Gasteiger partial charge in [0.2, 0.25) is 5.91 Å². The molecule has 1 aromatic rings. The molecule has 94 valence electrons. The zero-order chi connectivity index (χ0) is 12.8. The highest BCUT2D eigenvalue weighted by Crippen LogP contribution is 2.20. The van der Waals surface area contributed by atoms with Crippen LogP contribution in [0.25, 0.3) is 0 Å². The molecular weight excluding hydrogens is 259 g/mol. The molecule has 1 unspecified atom stereocenters. The Morgan fingerprint density at radius 1 is 1.41 bits per heavy atom. The Balaban J connectivity index is 2.43. The van der Waals surface area contributed by atoms with Gasteiger partial charge in [-0.15, -0.1) is 0 Å². The van der Waals surface area contributed by atoms with Crippen LogP contribution >= 0.6 is 23.2 Å². The van der Waals surface area contributed by atoms with Crippen molar-refractivity contribution >= 4 is 29.1 Å². The van der Waals surface area contributed by atoms with Crippen LogP contribution in [0.4, 0.5) is 0 Å². The summed E-state index contributed by atoms with van der Waals surface area (Å²) in [7, 11) is 1.62. The highest BCUT2D eigenvalue weighted by atomic mass is 35.5. The third kappa shape index (κ3) is 4.54. The summed E-state index contributed by atoms with van der Waals surface area (Å²) in [6.45, 7) is 2.51. The summed E-state index contributed by atoms with van der Waals surface area (Å²) in [4.78, 5) is 11.2. The first-order chi connectivity index (χ1) is 8.04. The van der Waals surface area contributed by atoms with Crippen molar-refractivity contribution < 1.29 is 4.79 Å². The van der Waals surface area contributed by atoms with Crippen molar-refractivity contribution in [1.82, 2.24) is 10.6 Å². The quantitative estimate of drug-likeness (QED) is 0.865. The van der Waals surface area contributed by atoms with Gasteiger partial charge in [-0.2, -0.15) is 0 Å². The summed E-state index contributed by atoms with van der Waals surface area (Å²) >= 11 is 11.9. The van der Waals surface area contributed by atoms with Crippen molar-refractivity contribution in [2.24, 2.45) is 0 Å². The molecule has 1 aromatic carbocycles. The molecule has 0 saturated carbocycles. The lowest BCUT2D eigenvalue weighted by Crippen LogP contribution is -2.41. The number of hydrogen-bond donors (Lipinski definition) is 2. The number of rotatable bonds is 5. The second kappa shape index (κ2) is 6.84. The fourth-order valence-electron chi connectivity index (χ4n) is 1.46. The Kier molecular flexibility index (Phi) is 5.75. The summed E-state index contributed by atoms with van der Waals surface area (Å²) in [6, 6.07) is 5.23. The highest BCUT2D eigenvalue weighted by molar-refractivity contribution is 6.35. The van der Waals surface area contributed by atoms with E-state index < -0.39 is 0 Å². The lowest BCUT2D eigenvalue weighted by Gasteiger charge is -2.12. The lowest BCUT2D eigenvalue weighted by molar-refractivity contribution is -0.122. The zero-order valence-electron chi connectivity index (χ0n) is 9.89. The van der Waals surface area contributed by atoms with Gasteiger partial charge in [0.25, 0.3) is 0 Å². The van der Waals surface area contributed by atoms with E-state index in [0.29, 0.717) is 16.6 Å². The van der Waals surface area contributed by atoms with E-state index in [-0.39, 0.29) is 11.9 Å². The van der Waals surface area contributed by atoms with Crippen LogP contribution in [-0.2, 0) is 11.2 Å². The topological polar surface area (TPSA) is 41.1 Å². The average Bonchev–Trinajstić information content (AvgIpc) is 2.30. The van der Waals surface area contributed by atoms with Gasteiger partial charge in [-0.1, -0.05) is 29.3 Å². The van der Waals surface area contributed by atoms with E-state index in [9.17, 15) is 4.79 Å². The van der Waals surface area contributed by atoms with Gasteiger partial charge in [0.1, 0.15) is 0 Å². The number of likely N-dealkylation sites (N-methyl/N-ethyl adjacent to an activating group) is 1. The molecule has 17 heavy (non-hydrogen) atoms. The van der Waals surface area contributed by atoms with Gasteiger partial charge >= 0.3 is 0 Å². The molecule has 0 saturated heterocycles. The summed E-state index contributed by atoms with van der Waals surface area (Å²) in [5, 5.41) is 7.00. The van der Waals surface area contributed by atoms with Gasteiger partial charge < -0.3 is 10.6 Å². The monoisotopic (exact) mass is 274 g/mol. The third-order valence-corrected chi connectivity index (χ3v) is 3.09. The molecule has 0 radical (unpaired) electrons. The Morgan fingerprint density at radius 3 is 2.71 bits per heavy atom. The van der Waals surface area contributed by atoms with E-state index in [0.717, 1.165) is 12.0 Å². The Bertz CT molecular complexity index is 396. The van der Waals surface area contributed by atoms with Crippen molar-refractivity contribution in [3.05, 3.63) is 33.8 Å². The van der Waals surface area contributed by atoms with Gasteiger partial charge in [0.15, 0.2) is 0 Å². The molecule has 5 heteroatoms. The van der Waals surface area contributed by atoms with Gasteiger partial charge in [0.05, 0.1) is 6.04 Å². The second-order valence-electron chi connectivity index (χ2n) is 3.78. The Labute approximate surface area is 111 Å². The first-order valence-corrected chi connectivity index (χ1v) is 6.19. The maximum absolute atomic E-state index is 11.2. The van der Waals surface area contributed by atoms with Gasteiger partial charge in [-0.05, 0) is 37.6 Å². The van der Waals surface area contributed by atoms with Crippen molar-refractivity contribution in [2.75, 3.05) is 13.6 Å². The number of carbonyl (C=O) groups is 1. The van der Waals surface area contributed by atoms with Crippen LogP contribution in [0.3, 0.4) is 0 Å². The zero-order valence-corrected chi connectivity index (χ0v) is 11.4. The predicted molar refractivity (Wildman–Crippen MR) is 71.7 cm³/mol. The maximum Gasteiger partial charge on any atom is 0.236 e. The van der Waals surface area contributed by atoms with Crippen LogP contribution in [0.15, 0.2) is 18.2 Å². The van der Waals surface area contributed by atoms with Crippen LogP contribution in [0.5, 0.6) is 0 Å². The highest BCUT2D eigenvalue weighted by Gasteiger charge is 2.09. The summed E-state index contributed by atoms with van der Waals surface area (Å²) < 4.78 is 0. The van der Waals surface area contributed by atoms with Gasteiger partial charge in [0, 0.05) is 17.1 Å². The van der Waals surface area contributed by atoms with Crippen LogP contribution in [0, 0.1) is 0 Å². The van der Waals surface area contributed by atoms with Gasteiger partial charge in [-0.25, -0.2) is 0 Å². The molecule has 2 N–H and O–H groups in total. The lowest BCUT2D eigenvalue weighted by atomic mass is 10.1. The predicted octanol–water partition coefficient (Wildman–Crippen LogP) is 2.26. The molecule has 0 fully saturated rings. The molecule has 3 nitrogen and oxygen atoms in total. The fourth-order valence-corrected chi connectivity index (χ4v) is 1.96. The van der Waals surface area contributed by atoms with Crippen molar-refractivity contribution in [3.63, 3.8) is 0 Å². The van der Waals surface area contributed by atoms with Crippen molar-refractivity contribution in [3.8, 4) is 0 Å². The van der Waals surface area contributed by atoms with Crippen LogP contribution in [-0.4, -0.2) is 25.5 Å². The summed E-state index contributed by atoms with van der Waals surface area (Å²) in [5.74, 6) is -0.0211. The first kappa shape index (κ1) is 14.3. The Hall–Kier alpha value is -0.770. The smallest absolute Gasteiger partial charge is 0.236 e. The second-order valence-corrected chi connectivity index (χ2v) is 4.62. The van der Waals surface area contributed by atoms with E-state index in [1.54, 1.807) is 13.1 Å². The number of amides is 1. The van der Waals surface area contributed by atoms with Crippen molar-refractivity contribution in [2.45, 2.75) is 19.4 Å². The normalized spacial score (nSPS) is 12.2. The van der Waals surface area contributed by atoms with Crippen LogP contribution < -0.4 is 10.6 Å². The number of carbonyl (C=O) groups excluding carboxylic acids is 1. The average molecular weight is 275 g/mol. The van der Waals surface area contributed by atoms with Crippen molar-refractivity contribution in [1.29, 1.82) is 0 Å². The summed E-state index contributed by atoms with van der Waals surface area (Å²) in [5.41, 5.74) is 1.02. The standard InChI is InChI=1S/C12H16Cl2N2O/c1-8(12(17)15-2)16-6-5-9-3-4-10(13)7-11(9)14/h3-4,7-8,16H,5-6H2,1-2H3,(H,15,17). The van der Waals surface area contributed by atoms with Gasteiger partial charge in [-0.3, -0.25) is 4.79 Å². The summed E-state index contributed by atoms with van der Waals surface area (Å²) in [6.07, 6.45) is 0.761. The molecule has 0 aliphatic heterocycles.